The number of rotatable bonds is 6. The minimum atomic E-state index is -5.73. The van der Waals surface area contributed by atoms with Gasteiger partial charge >= 0.3 is 32.3 Å². The van der Waals surface area contributed by atoms with Crippen molar-refractivity contribution in [2.24, 2.45) is 0 Å². The van der Waals surface area contributed by atoms with Crippen LogP contribution in [0.2, 0.25) is 0 Å². The van der Waals surface area contributed by atoms with Crippen LogP contribution in [0.4, 0.5) is 23.7 Å². The number of halogens is 3. The van der Waals surface area contributed by atoms with Crippen molar-refractivity contribution in [2.75, 3.05) is 18.0 Å². The van der Waals surface area contributed by atoms with E-state index in [9.17, 15) is 48.2 Å². The molecule has 41 heavy (non-hydrogen) atoms. The fourth-order valence-electron chi connectivity index (χ4n) is 4.93. The van der Waals surface area contributed by atoms with Crippen LogP contribution < -0.4 is 10.3 Å². The second-order valence-electron chi connectivity index (χ2n) is 10.2. The van der Waals surface area contributed by atoms with Crippen molar-refractivity contribution in [3.05, 3.63) is 39.4 Å². The van der Waals surface area contributed by atoms with E-state index < -0.39 is 109 Å². The van der Waals surface area contributed by atoms with Gasteiger partial charge in [-0.15, -0.1) is 0 Å². The van der Waals surface area contributed by atoms with Crippen LogP contribution in [0.5, 0.6) is 0 Å². The Hall–Kier alpha value is -2.94. The van der Waals surface area contributed by atoms with Gasteiger partial charge in [-0.3, -0.25) is 18.8 Å². The molecule has 1 aromatic heterocycles. The molecular formula is C22H26F3N3O11P2. The summed E-state index contributed by atoms with van der Waals surface area (Å²) in [6, 6.07) is -2.59. The summed E-state index contributed by atoms with van der Waals surface area (Å²) in [7, 11) is -11.5. The Morgan fingerprint density at radius 2 is 1.49 bits per heavy atom. The highest BCUT2D eigenvalue weighted by Crippen LogP contribution is 2.69. The summed E-state index contributed by atoms with van der Waals surface area (Å²) in [6.07, 6.45) is 0.296. The molecule has 2 aromatic rings. The summed E-state index contributed by atoms with van der Waals surface area (Å²) >= 11 is 0. The molecular weight excluding hydrogens is 601 g/mol. The van der Waals surface area contributed by atoms with Gasteiger partial charge in [-0.1, -0.05) is 0 Å². The van der Waals surface area contributed by atoms with E-state index in [-0.39, 0.29) is 0 Å². The number of pyridine rings is 1. The van der Waals surface area contributed by atoms with Gasteiger partial charge in [0.1, 0.15) is 11.3 Å². The molecule has 2 aliphatic rings. The van der Waals surface area contributed by atoms with E-state index in [0.29, 0.717) is 19.8 Å². The number of piperazine rings is 1. The molecule has 1 aromatic carbocycles. The van der Waals surface area contributed by atoms with E-state index in [1.54, 1.807) is 0 Å². The van der Waals surface area contributed by atoms with Crippen molar-refractivity contribution in [1.82, 2.24) is 9.47 Å². The van der Waals surface area contributed by atoms with E-state index in [1.807, 2.05) is 0 Å². The van der Waals surface area contributed by atoms with Crippen LogP contribution in [0.25, 0.3) is 10.9 Å². The molecule has 226 valence electrons. The van der Waals surface area contributed by atoms with Crippen molar-refractivity contribution in [3.8, 4) is 0 Å². The first-order valence-corrected chi connectivity index (χ1v) is 15.3. The van der Waals surface area contributed by atoms with Gasteiger partial charge < -0.3 is 38.9 Å². The van der Waals surface area contributed by atoms with Gasteiger partial charge in [0.15, 0.2) is 17.5 Å². The Bertz CT molecular complexity index is 1580. The molecule has 19 heteroatoms. The summed E-state index contributed by atoms with van der Waals surface area (Å²) in [5, 5.41) is 4.79. The monoisotopic (exact) mass is 627 g/mol. The van der Waals surface area contributed by atoms with E-state index in [4.69, 9.17) is 0 Å². The molecule has 0 bridgehead atoms. The molecule has 5 N–H and O–H groups in total. The van der Waals surface area contributed by atoms with Crippen LogP contribution >= 0.6 is 15.2 Å². The van der Waals surface area contributed by atoms with Crippen LogP contribution in [0.15, 0.2) is 11.0 Å². The third kappa shape index (κ3) is 5.04. The number of fused-ring (bicyclic) bond motifs is 1. The Morgan fingerprint density at radius 3 is 1.93 bits per heavy atom. The number of hydrogen-bond acceptors (Lipinski definition) is 7. The van der Waals surface area contributed by atoms with Crippen molar-refractivity contribution < 1.29 is 61.3 Å². The highest BCUT2D eigenvalue weighted by atomic mass is 31.2. The number of nitrogens with zero attached hydrogens (tertiary/aromatic N) is 3. The number of aromatic carboxylic acids is 1. The lowest BCUT2D eigenvalue weighted by atomic mass is 10.0. The van der Waals surface area contributed by atoms with Gasteiger partial charge in [0.05, 0.1) is 23.0 Å². The van der Waals surface area contributed by atoms with Gasteiger partial charge in [0.2, 0.25) is 5.43 Å². The molecule has 0 spiro atoms. The molecule has 2 heterocycles. The van der Waals surface area contributed by atoms with Crippen LogP contribution in [0, 0.1) is 17.5 Å². The van der Waals surface area contributed by atoms with Crippen molar-refractivity contribution in [3.63, 3.8) is 0 Å². The van der Waals surface area contributed by atoms with E-state index in [2.05, 4.69) is 4.74 Å². The van der Waals surface area contributed by atoms with Gasteiger partial charge in [0.25, 0.3) is 0 Å². The fourth-order valence-corrected chi connectivity index (χ4v) is 6.68. The zero-order valence-corrected chi connectivity index (χ0v) is 23.5. The lowest BCUT2D eigenvalue weighted by Gasteiger charge is -2.45. The number of hydrogen-bond donors (Lipinski definition) is 5. The van der Waals surface area contributed by atoms with E-state index >= 15 is 13.2 Å². The molecule has 1 aliphatic carbocycles. The molecule has 1 saturated heterocycles. The van der Waals surface area contributed by atoms with Crippen LogP contribution in [-0.4, -0.2) is 76.5 Å². The molecule has 0 unspecified atom stereocenters. The summed E-state index contributed by atoms with van der Waals surface area (Å²) < 4.78 is 76.2. The minimum absolute atomic E-state index is 0.371. The largest absolute Gasteiger partial charge is 0.477 e. The number of benzene rings is 1. The maximum Gasteiger partial charge on any atom is 0.412 e. The van der Waals surface area contributed by atoms with Gasteiger partial charge in [-0.25, -0.2) is 22.8 Å². The summed E-state index contributed by atoms with van der Waals surface area (Å²) in [4.78, 5) is 77.0. The second kappa shape index (κ2) is 10.1. The Kier molecular flexibility index (Phi) is 7.64. The SMILES string of the molecule is C[C@@H]1CN(c2c(F)c(F)c3c(=O)c(C(=O)O)cn(C4CC4)c3c2F)C[C@H](C)N1C(=O)OC(C)(P(=O)(O)O)P(=O)(O)O. The zero-order chi connectivity index (χ0) is 31.0. The average Bonchev–Trinajstić information content (AvgIpc) is 3.65. The number of aromatic nitrogens is 1. The highest BCUT2D eigenvalue weighted by Gasteiger charge is 2.61. The van der Waals surface area contributed by atoms with Crippen molar-refractivity contribution in [2.45, 2.75) is 56.8 Å². The Labute approximate surface area is 229 Å². The smallest absolute Gasteiger partial charge is 0.412 e. The molecule has 14 nitrogen and oxygen atoms in total. The van der Waals surface area contributed by atoms with Gasteiger partial charge in [-0.05, 0) is 33.6 Å². The number of carbonyl (C=O) groups excluding carboxylic acids is 1. The summed E-state index contributed by atoms with van der Waals surface area (Å²) in [5.74, 6) is -6.58. The number of carboxylic acids is 1. The molecule has 1 aliphatic heterocycles. The van der Waals surface area contributed by atoms with Gasteiger partial charge in [-0.2, -0.15) is 0 Å². The molecule has 0 radical (unpaired) electrons. The van der Waals surface area contributed by atoms with E-state index in [0.717, 1.165) is 20.6 Å². The maximum atomic E-state index is 16.0. The quantitative estimate of drug-likeness (QED) is 0.231. The standard InChI is InChI=1S/C22H26F3N3O11P2/c1-9-6-26(7-10(2)28(9)21(32)39-22(3,40(33,34)35)41(36,37)38)18-15(24)14(23)13-17(16(18)25)27(11-4-5-11)8-12(19(13)29)20(30)31/h8-11H,4-7H2,1-3H3,(H,30,31)(H2,33,34,35)(H2,36,37,38)/t9-,10+. The van der Waals surface area contributed by atoms with Gasteiger partial charge in [0, 0.05) is 25.3 Å². The number of carbonyl (C=O) groups is 2. The molecule has 2 fully saturated rings. The predicted molar refractivity (Wildman–Crippen MR) is 135 cm³/mol. The number of carboxylic acid groups (broad SMARTS) is 1. The van der Waals surface area contributed by atoms with E-state index in [1.165, 1.54) is 13.8 Å². The first-order chi connectivity index (χ1) is 18.7. The average molecular weight is 627 g/mol. The number of anilines is 1. The van der Waals surface area contributed by atoms with Crippen LogP contribution in [-0.2, 0) is 13.9 Å². The van der Waals surface area contributed by atoms with Crippen LogP contribution in [0.1, 0.15) is 50.0 Å². The third-order valence-corrected chi connectivity index (χ3v) is 11.2. The minimum Gasteiger partial charge on any atom is -0.477 e. The lowest BCUT2D eigenvalue weighted by Crippen LogP contribution is -2.60. The first kappa shape index (κ1) is 31.0. The normalized spacial score (nSPS) is 20.4. The third-order valence-electron chi connectivity index (χ3n) is 7.25. The summed E-state index contributed by atoms with van der Waals surface area (Å²) in [6.45, 7) is 2.21. The fraction of sp³-hybridized carbons (Fsp3) is 0.500. The Morgan fingerprint density at radius 1 is 0.976 bits per heavy atom. The second-order valence-corrected chi connectivity index (χ2v) is 14.5. The Balaban J connectivity index is 1.76. The number of ether oxygens (including phenoxy) is 1. The topological polar surface area (TPSA) is 207 Å². The first-order valence-electron chi connectivity index (χ1n) is 12.1. The molecule has 1 saturated carbocycles. The zero-order valence-electron chi connectivity index (χ0n) is 21.7. The number of amides is 1. The lowest BCUT2D eigenvalue weighted by molar-refractivity contribution is 0.0334. The molecule has 2 atom stereocenters. The highest BCUT2D eigenvalue weighted by molar-refractivity contribution is 7.72. The van der Waals surface area contributed by atoms with Crippen LogP contribution in [0.3, 0.4) is 0 Å². The van der Waals surface area contributed by atoms with Crippen molar-refractivity contribution >= 4 is 43.8 Å². The summed E-state index contributed by atoms with van der Waals surface area (Å²) in [5.41, 5.74) is -3.79. The predicted octanol–water partition coefficient (Wildman–Crippen LogP) is 2.52. The van der Waals surface area contributed by atoms with Crippen molar-refractivity contribution in [1.29, 1.82) is 0 Å². The molecule has 4 rings (SSSR count). The maximum absolute atomic E-state index is 16.0. The molecule has 1 amide bonds.